The maximum Gasteiger partial charge on any atom is 0.344 e. The Balaban J connectivity index is 1.92. The van der Waals surface area contributed by atoms with Crippen LogP contribution in [0.1, 0.15) is 29.0 Å². The van der Waals surface area contributed by atoms with Crippen molar-refractivity contribution in [2.24, 2.45) is 5.16 Å². The average Bonchev–Trinajstić information content (AvgIpc) is 2.87. The molecule has 1 unspecified atom stereocenters. The van der Waals surface area contributed by atoms with Crippen molar-refractivity contribution < 1.29 is 14.7 Å². The third-order valence-electron chi connectivity index (χ3n) is 3.61. The summed E-state index contributed by atoms with van der Waals surface area (Å²) in [7, 11) is 0. The third kappa shape index (κ3) is 2.79. The van der Waals surface area contributed by atoms with Crippen LogP contribution in [0.4, 0.5) is 0 Å². The number of oxime groups is 1. The van der Waals surface area contributed by atoms with E-state index in [0.717, 1.165) is 17.7 Å². The molecule has 106 valence electrons. The van der Waals surface area contributed by atoms with Crippen molar-refractivity contribution in [3.05, 3.63) is 71.3 Å². The molecule has 2 aromatic rings. The first-order valence-electron chi connectivity index (χ1n) is 6.80. The molecule has 2 aromatic carbocycles. The van der Waals surface area contributed by atoms with Gasteiger partial charge in [-0.2, -0.15) is 0 Å². The van der Waals surface area contributed by atoms with Crippen LogP contribution in [0.25, 0.3) is 0 Å². The lowest BCUT2D eigenvalue weighted by molar-refractivity contribution is -0.142. The summed E-state index contributed by atoms with van der Waals surface area (Å²) in [5, 5.41) is 12.6. The Bertz CT molecular complexity index is 679. The Hall–Kier alpha value is -2.62. The Morgan fingerprint density at radius 1 is 1.14 bits per heavy atom. The fraction of sp³-hybridized carbons (Fsp3) is 0.176. The maximum atomic E-state index is 10.5. The number of carbonyl (C=O) groups is 1. The van der Waals surface area contributed by atoms with Gasteiger partial charge in [-0.3, -0.25) is 0 Å². The van der Waals surface area contributed by atoms with Crippen molar-refractivity contribution >= 4 is 11.7 Å². The molecule has 0 aromatic heterocycles. The monoisotopic (exact) mass is 281 g/mol. The van der Waals surface area contributed by atoms with Crippen molar-refractivity contribution in [2.75, 3.05) is 6.61 Å². The summed E-state index contributed by atoms with van der Waals surface area (Å²) in [6.07, 6.45) is 0.725. The molecule has 0 saturated heterocycles. The molecule has 0 fully saturated rings. The molecule has 1 aliphatic carbocycles. The van der Waals surface area contributed by atoms with Crippen LogP contribution in [0.5, 0.6) is 0 Å². The molecule has 1 atom stereocenters. The van der Waals surface area contributed by atoms with Crippen molar-refractivity contribution in [2.45, 2.75) is 12.3 Å². The second-order valence-corrected chi connectivity index (χ2v) is 4.96. The minimum atomic E-state index is -1.02. The van der Waals surface area contributed by atoms with Gasteiger partial charge < -0.3 is 9.94 Å². The molecule has 0 bridgehead atoms. The largest absolute Gasteiger partial charge is 0.479 e. The van der Waals surface area contributed by atoms with Crippen molar-refractivity contribution in [1.82, 2.24) is 0 Å². The molecule has 4 heteroatoms. The van der Waals surface area contributed by atoms with E-state index in [4.69, 9.17) is 9.94 Å². The number of aliphatic carboxylic acids is 1. The second-order valence-electron chi connectivity index (χ2n) is 4.96. The molecule has 0 radical (unpaired) electrons. The molecule has 1 N–H and O–H groups in total. The van der Waals surface area contributed by atoms with E-state index in [0.29, 0.717) is 0 Å². The van der Waals surface area contributed by atoms with Gasteiger partial charge in [0.2, 0.25) is 6.61 Å². The van der Waals surface area contributed by atoms with E-state index in [9.17, 15) is 4.79 Å². The van der Waals surface area contributed by atoms with Crippen LogP contribution in [0.15, 0.2) is 59.8 Å². The van der Waals surface area contributed by atoms with Gasteiger partial charge in [-0.05, 0) is 11.1 Å². The zero-order valence-electron chi connectivity index (χ0n) is 11.4. The molecule has 0 amide bonds. The number of rotatable bonds is 4. The summed E-state index contributed by atoms with van der Waals surface area (Å²) in [6.45, 7) is -0.415. The smallest absolute Gasteiger partial charge is 0.344 e. The first-order valence-corrected chi connectivity index (χ1v) is 6.80. The van der Waals surface area contributed by atoms with Crippen molar-refractivity contribution in [1.29, 1.82) is 0 Å². The summed E-state index contributed by atoms with van der Waals surface area (Å²) >= 11 is 0. The van der Waals surface area contributed by atoms with Crippen molar-refractivity contribution in [3.8, 4) is 0 Å². The van der Waals surface area contributed by atoms with Gasteiger partial charge >= 0.3 is 5.97 Å². The fourth-order valence-electron chi connectivity index (χ4n) is 2.71. The summed E-state index contributed by atoms with van der Waals surface area (Å²) in [5.74, 6) is -0.778. The number of hydrogen-bond acceptors (Lipinski definition) is 3. The van der Waals surface area contributed by atoms with E-state index in [1.54, 1.807) is 0 Å². The van der Waals surface area contributed by atoms with Gasteiger partial charge in [0, 0.05) is 17.9 Å². The lowest BCUT2D eigenvalue weighted by Crippen LogP contribution is -2.05. The van der Waals surface area contributed by atoms with E-state index >= 15 is 0 Å². The zero-order chi connectivity index (χ0) is 14.7. The number of carboxylic acids is 1. The van der Waals surface area contributed by atoms with Gasteiger partial charge in [-0.1, -0.05) is 59.8 Å². The molecule has 1 aliphatic rings. The average molecular weight is 281 g/mol. The van der Waals surface area contributed by atoms with E-state index in [-0.39, 0.29) is 5.92 Å². The Labute approximate surface area is 122 Å². The number of fused-ring (bicyclic) bond motifs is 1. The molecule has 3 rings (SSSR count). The molecule has 0 aliphatic heterocycles. The summed E-state index contributed by atoms with van der Waals surface area (Å²) in [6, 6.07) is 18.3. The van der Waals surface area contributed by atoms with Gasteiger partial charge in [-0.25, -0.2) is 4.79 Å². The Kier molecular flexibility index (Phi) is 3.69. The SMILES string of the molecule is O=C(O)CON=C1CC(c2ccccc2)c2ccccc21. The number of nitrogens with zero attached hydrogens (tertiary/aromatic N) is 1. The van der Waals surface area contributed by atoms with Crippen molar-refractivity contribution in [3.63, 3.8) is 0 Å². The predicted octanol–water partition coefficient (Wildman–Crippen LogP) is 3.03. The van der Waals surface area contributed by atoms with E-state index in [2.05, 4.69) is 23.4 Å². The van der Waals surface area contributed by atoms with Crippen LogP contribution >= 0.6 is 0 Å². The topological polar surface area (TPSA) is 58.9 Å². The lowest BCUT2D eigenvalue weighted by Gasteiger charge is -2.10. The summed E-state index contributed by atoms with van der Waals surface area (Å²) < 4.78 is 0. The maximum absolute atomic E-state index is 10.5. The number of benzene rings is 2. The van der Waals surface area contributed by atoms with Crippen LogP contribution in [-0.4, -0.2) is 23.4 Å². The molecule has 21 heavy (non-hydrogen) atoms. The highest BCUT2D eigenvalue weighted by Crippen LogP contribution is 2.38. The number of hydrogen-bond donors (Lipinski definition) is 1. The van der Waals surface area contributed by atoms with Crippen LogP contribution in [0.3, 0.4) is 0 Å². The highest BCUT2D eigenvalue weighted by Gasteiger charge is 2.29. The summed E-state index contributed by atoms with van der Waals surface area (Å²) in [4.78, 5) is 15.4. The second kappa shape index (κ2) is 5.79. The minimum absolute atomic E-state index is 0.245. The molecule has 0 saturated carbocycles. The highest BCUT2D eigenvalue weighted by molar-refractivity contribution is 6.05. The molecular formula is C17H15NO3. The van der Waals surface area contributed by atoms with E-state index < -0.39 is 12.6 Å². The van der Waals surface area contributed by atoms with Gasteiger partial charge in [-0.15, -0.1) is 0 Å². The van der Waals surface area contributed by atoms with Crippen LogP contribution in [0, 0.1) is 0 Å². The van der Waals surface area contributed by atoms with E-state index in [1.165, 1.54) is 11.1 Å². The highest BCUT2D eigenvalue weighted by atomic mass is 16.6. The molecule has 4 nitrogen and oxygen atoms in total. The fourth-order valence-corrected chi connectivity index (χ4v) is 2.71. The van der Waals surface area contributed by atoms with Crippen LogP contribution < -0.4 is 0 Å². The molecule has 0 spiro atoms. The van der Waals surface area contributed by atoms with Gasteiger partial charge in [0.15, 0.2) is 0 Å². The van der Waals surface area contributed by atoms with Crippen LogP contribution in [0.2, 0.25) is 0 Å². The molecular weight excluding hydrogens is 266 g/mol. The first kappa shape index (κ1) is 13.4. The predicted molar refractivity (Wildman–Crippen MR) is 79.5 cm³/mol. The van der Waals surface area contributed by atoms with Gasteiger partial charge in [0.05, 0.1) is 5.71 Å². The van der Waals surface area contributed by atoms with Gasteiger partial charge in [0.1, 0.15) is 0 Å². The normalized spacial score (nSPS) is 18.5. The standard InChI is InChI=1S/C17H15NO3/c19-17(20)11-21-18-16-10-15(12-6-2-1-3-7-12)13-8-4-5-9-14(13)16/h1-9,15H,10-11H2,(H,19,20). The lowest BCUT2D eigenvalue weighted by atomic mass is 9.93. The van der Waals surface area contributed by atoms with Crippen LogP contribution in [-0.2, 0) is 9.63 Å². The Morgan fingerprint density at radius 2 is 1.86 bits per heavy atom. The minimum Gasteiger partial charge on any atom is -0.479 e. The van der Waals surface area contributed by atoms with Gasteiger partial charge in [0.25, 0.3) is 0 Å². The zero-order valence-corrected chi connectivity index (χ0v) is 11.4. The quantitative estimate of drug-likeness (QED) is 0.876. The third-order valence-corrected chi connectivity index (χ3v) is 3.61. The first-order chi connectivity index (χ1) is 10.3. The number of carboxylic acid groups (broad SMARTS) is 1. The Morgan fingerprint density at radius 3 is 2.62 bits per heavy atom. The summed E-state index contributed by atoms with van der Waals surface area (Å²) in [5.41, 5.74) is 4.28. The van der Waals surface area contributed by atoms with E-state index in [1.807, 2.05) is 36.4 Å². The molecule has 0 heterocycles.